The fourth-order valence-electron chi connectivity index (χ4n) is 4.00. The van der Waals surface area contributed by atoms with Gasteiger partial charge < -0.3 is 20.1 Å². The van der Waals surface area contributed by atoms with Gasteiger partial charge in [-0.05, 0) is 45.6 Å². The van der Waals surface area contributed by atoms with E-state index in [0.717, 1.165) is 31.2 Å². The smallest absolute Gasteiger partial charge is 0.407 e. The summed E-state index contributed by atoms with van der Waals surface area (Å²) in [6.07, 6.45) is 4.18. The van der Waals surface area contributed by atoms with E-state index in [9.17, 15) is 19.7 Å². The maximum Gasteiger partial charge on any atom is 0.407 e. The molecule has 0 aliphatic heterocycles. The second-order valence-corrected chi connectivity index (χ2v) is 9.75. The molecule has 0 saturated heterocycles. The van der Waals surface area contributed by atoms with Gasteiger partial charge in [0, 0.05) is 30.5 Å². The Kier molecular flexibility index (Phi) is 9.16. The van der Waals surface area contributed by atoms with E-state index in [1.807, 2.05) is 20.8 Å². The number of thiocarbonyl (C=S) groups is 1. The average molecular weight is 480 g/mol. The number of carbonyl (C=O) groups excluding carboxylic acids is 2. The summed E-state index contributed by atoms with van der Waals surface area (Å²) in [4.78, 5) is 35.4. The van der Waals surface area contributed by atoms with E-state index >= 15 is 0 Å². The molecule has 9 nitrogen and oxygen atoms in total. The fraction of sp³-hybridized carbons (Fsp3) is 0.609. The number of benzene rings is 1. The van der Waals surface area contributed by atoms with Crippen molar-refractivity contribution in [2.75, 3.05) is 13.7 Å². The zero-order chi connectivity index (χ0) is 24.6. The van der Waals surface area contributed by atoms with Crippen LogP contribution in [0.1, 0.15) is 58.4 Å². The third-order valence-corrected chi connectivity index (χ3v) is 6.24. The minimum atomic E-state index is -0.722. The molecule has 10 heteroatoms. The van der Waals surface area contributed by atoms with Crippen LogP contribution in [0.2, 0.25) is 0 Å². The standard InChI is InChI=1S/C23H33N3O6S/c1-22(2,3)32-21(28)24-14-13-23(11-5-6-12-23)20(33)25-18(19(27)31-4)15-16-7-9-17(10-8-16)26(29)30/h7-10,18H,5-6,11-15H2,1-4H3,(H,24,28)(H,25,33)/t18-/m0/s1. The van der Waals surface area contributed by atoms with Crippen LogP contribution in [0.25, 0.3) is 0 Å². The molecule has 182 valence electrons. The molecule has 0 bridgehead atoms. The Morgan fingerprint density at radius 3 is 2.33 bits per heavy atom. The highest BCUT2D eigenvalue weighted by molar-refractivity contribution is 7.80. The van der Waals surface area contributed by atoms with Gasteiger partial charge in [-0.2, -0.15) is 0 Å². The van der Waals surface area contributed by atoms with Crippen molar-refractivity contribution in [3.8, 4) is 0 Å². The van der Waals surface area contributed by atoms with E-state index in [1.54, 1.807) is 12.1 Å². The van der Waals surface area contributed by atoms with Crippen LogP contribution in [-0.4, -0.2) is 47.3 Å². The first-order chi connectivity index (χ1) is 15.5. The lowest BCUT2D eigenvalue weighted by Crippen LogP contribution is -2.49. The lowest BCUT2D eigenvalue weighted by Gasteiger charge is -2.33. The number of rotatable bonds is 9. The number of hydrogen-bond donors (Lipinski definition) is 2. The maximum absolute atomic E-state index is 12.5. The summed E-state index contributed by atoms with van der Waals surface area (Å²) < 4.78 is 10.3. The molecule has 0 aromatic heterocycles. The van der Waals surface area contributed by atoms with E-state index in [4.69, 9.17) is 21.7 Å². The van der Waals surface area contributed by atoms with Crippen LogP contribution >= 0.6 is 12.2 Å². The fourth-order valence-corrected chi connectivity index (χ4v) is 4.45. The predicted molar refractivity (Wildman–Crippen MR) is 128 cm³/mol. The highest BCUT2D eigenvalue weighted by Crippen LogP contribution is 2.42. The van der Waals surface area contributed by atoms with Gasteiger partial charge in [0.15, 0.2) is 0 Å². The first-order valence-corrected chi connectivity index (χ1v) is 11.5. The Balaban J connectivity index is 2.05. The zero-order valence-electron chi connectivity index (χ0n) is 19.6. The predicted octanol–water partition coefficient (Wildman–Crippen LogP) is 4.07. The van der Waals surface area contributed by atoms with Crippen LogP contribution in [-0.2, 0) is 20.7 Å². The van der Waals surface area contributed by atoms with Crippen LogP contribution in [0.3, 0.4) is 0 Å². The first-order valence-electron chi connectivity index (χ1n) is 11.0. The maximum atomic E-state index is 12.5. The van der Waals surface area contributed by atoms with Gasteiger partial charge in [-0.3, -0.25) is 10.1 Å². The second-order valence-electron chi connectivity index (χ2n) is 9.34. The zero-order valence-corrected chi connectivity index (χ0v) is 20.5. The van der Waals surface area contributed by atoms with Crippen LogP contribution in [0.15, 0.2) is 24.3 Å². The number of alkyl carbamates (subject to hydrolysis) is 1. The van der Waals surface area contributed by atoms with Gasteiger partial charge in [-0.15, -0.1) is 0 Å². The van der Waals surface area contributed by atoms with E-state index in [0.29, 0.717) is 18.0 Å². The molecule has 2 rings (SSSR count). The number of nitrogens with one attached hydrogen (secondary N) is 2. The molecule has 1 aliphatic carbocycles. The normalized spacial score (nSPS) is 15.9. The molecule has 1 aromatic carbocycles. The van der Waals surface area contributed by atoms with Crippen molar-refractivity contribution in [2.24, 2.45) is 5.41 Å². The molecular formula is C23H33N3O6S. The Morgan fingerprint density at radius 1 is 1.21 bits per heavy atom. The number of nitro benzene ring substituents is 1. The van der Waals surface area contributed by atoms with E-state index in [1.165, 1.54) is 19.2 Å². The van der Waals surface area contributed by atoms with Crippen molar-refractivity contribution in [3.05, 3.63) is 39.9 Å². The summed E-state index contributed by atoms with van der Waals surface area (Å²) in [5.74, 6) is -0.462. The van der Waals surface area contributed by atoms with Crippen molar-refractivity contribution in [2.45, 2.75) is 70.9 Å². The molecule has 0 spiro atoms. The number of esters is 1. The SMILES string of the molecule is COC(=O)[C@H](Cc1ccc([N+](=O)[O-])cc1)NC(=S)C1(CCNC(=O)OC(C)(C)C)CCCC1. The lowest BCUT2D eigenvalue weighted by atomic mass is 9.82. The topological polar surface area (TPSA) is 120 Å². The molecule has 1 aliphatic rings. The quantitative estimate of drug-likeness (QED) is 0.235. The summed E-state index contributed by atoms with van der Waals surface area (Å²) >= 11 is 5.76. The van der Waals surface area contributed by atoms with Crippen molar-refractivity contribution in [1.29, 1.82) is 0 Å². The number of amides is 1. The Bertz CT molecular complexity index is 860. The van der Waals surface area contributed by atoms with Gasteiger partial charge in [0.25, 0.3) is 5.69 Å². The monoisotopic (exact) mass is 479 g/mol. The molecule has 1 aromatic rings. The molecule has 0 radical (unpaired) electrons. The lowest BCUT2D eigenvalue weighted by molar-refractivity contribution is -0.384. The number of hydrogen-bond acceptors (Lipinski definition) is 7. The van der Waals surface area contributed by atoms with Crippen LogP contribution < -0.4 is 10.6 Å². The second kappa shape index (κ2) is 11.4. The largest absolute Gasteiger partial charge is 0.467 e. The Hall–Kier alpha value is -2.75. The molecule has 2 N–H and O–H groups in total. The van der Waals surface area contributed by atoms with Gasteiger partial charge >= 0.3 is 12.1 Å². The number of non-ortho nitro benzene ring substituents is 1. The number of methoxy groups -OCH3 is 1. The number of nitrogens with zero attached hydrogens (tertiary/aromatic N) is 1. The molecule has 1 amide bonds. The van der Waals surface area contributed by atoms with Crippen LogP contribution in [0.5, 0.6) is 0 Å². The Morgan fingerprint density at radius 2 is 1.82 bits per heavy atom. The van der Waals surface area contributed by atoms with Crippen molar-refractivity contribution in [3.63, 3.8) is 0 Å². The minimum absolute atomic E-state index is 0.0146. The van der Waals surface area contributed by atoms with E-state index in [-0.39, 0.29) is 17.5 Å². The summed E-state index contributed by atoms with van der Waals surface area (Å²) in [6.45, 7) is 5.83. The van der Waals surface area contributed by atoms with Crippen molar-refractivity contribution >= 4 is 35.0 Å². The van der Waals surface area contributed by atoms with Crippen molar-refractivity contribution < 1.29 is 24.0 Å². The summed E-state index contributed by atoms with van der Waals surface area (Å²) in [5, 5.41) is 16.9. The van der Waals surface area contributed by atoms with Gasteiger partial charge in [0.1, 0.15) is 11.6 Å². The van der Waals surface area contributed by atoms with Crippen molar-refractivity contribution in [1.82, 2.24) is 10.6 Å². The third-order valence-electron chi connectivity index (χ3n) is 5.69. The van der Waals surface area contributed by atoms with E-state index < -0.39 is 28.6 Å². The average Bonchev–Trinajstić information content (AvgIpc) is 3.22. The number of carbonyl (C=O) groups is 2. The minimum Gasteiger partial charge on any atom is -0.467 e. The van der Waals surface area contributed by atoms with Gasteiger partial charge in [0.05, 0.1) is 17.0 Å². The molecule has 1 fully saturated rings. The van der Waals surface area contributed by atoms with Crippen LogP contribution in [0, 0.1) is 15.5 Å². The highest BCUT2D eigenvalue weighted by atomic mass is 32.1. The van der Waals surface area contributed by atoms with Gasteiger partial charge in [-0.25, -0.2) is 9.59 Å². The first kappa shape index (κ1) is 26.5. The van der Waals surface area contributed by atoms with Crippen LogP contribution in [0.4, 0.5) is 10.5 Å². The highest BCUT2D eigenvalue weighted by Gasteiger charge is 2.39. The molecular weight excluding hydrogens is 446 g/mol. The molecule has 1 saturated carbocycles. The summed E-state index contributed by atoms with van der Waals surface area (Å²) in [7, 11) is 1.31. The Labute approximate surface area is 199 Å². The summed E-state index contributed by atoms with van der Waals surface area (Å²) in [5.41, 5.74) is -0.165. The molecule has 33 heavy (non-hydrogen) atoms. The number of ether oxygens (including phenoxy) is 2. The van der Waals surface area contributed by atoms with E-state index in [2.05, 4.69) is 10.6 Å². The molecule has 0 unspecified atom stereocenters. The third kappa shape index (κ3) is 7.96. The molecule has 0 heterocycles. The summed E-state index contributed by atoms with van der Waals surface area (Å²) in [6, 6.07) is 5.33. The number of nitro groups is 1. The van der Waals surface area contributed by atoms with Gasteiger partial charge in [-0.1, -0.05) is 37.2 Å². The molecule has 1 atom stereocenters. The van der Waals surface area contributed by atoms with Gasteiger partial charge in [0.2, 0.25) is 0 Å².